The lowest BCUT2D eigenvalue weighted by Crippen LogP contribution is -2.36. The largest absolute Gasteiger partial charge is 0.378 e. The molecule has 2 aromatic carbocycles. The van der Waals surface area contributed by atoms with Crippen molar-refractivity contribution in [1.82, 2.24) is 0 Å². The minimum absolute atomic E-state index is 0.350. The third-order valence-electron chi connectivity index (χ3n) is 4.91. The average molecular weight is 358 g/mol. The van der Waals surface area contributed by atoms with Crippen molar-refractivity contribution in [2.45, 2.75) is 18.2 Å². The summed E-state index contributed by atoms with van der Waals surface area (Å²) in [6.45, 7) is 5.55. The molecule has 2 aliphatic rings. The van der Waals surface area contributed by atoms with Gasteiger partial charge < -0.3 is 9.64 Å². The molecule has 5 nitrogen and oxygen atoms in total. The number of nitrogens with zero attached hydrogens (tertiary/aromatic N) is 2. The summed E-state index contributed by atoms with van der Waals surface area (Å²) in [5.74, 6) is 0. The molecule has 0 radical (unpaired) electrons. The summed E-state index contributed by atoms with van der Waals surface area (Å²) in [4.78, 5) is 2.60. The molecule has 2 heterocycles. The number of benzene rings is 2. The van der Waals surface area contributed by atoms with E-state index in [-0.39, 0.29) is 0 Å². The lowest BCUT2D eigenvalue weighted by atomic mass is 10.1. The van der Waals surface area contributed by atoms with Gasteiger partial charge in [0.1, 0.15) is 0 Å². The molecule has 2 aromatic rings. The molecule has 132 valence electrons. The molecule has 25 heavy (non-hydrogen) atoms. The first-order valence-corrected chi connectivity index (χ1v) is 10.0. The molecule has 0 spiro atoms. The van der Waals surface area contributed by atoms with Gasteiger partial charge in [0.25, 0.3) is 10.0 Å². The zero-order valence-electron chi connectivity index (χ0n) is 14.3. The van der Waals surface area contributed by atoms with E-state index in [1.807, 2.05) is 25.1 Å². The van der Waals surface area contributed by atoms with Gasteiger partial charge in [-0.3, -0.25) is 4.31 Å². The van der Waals surface area contributed by atoms with Gasteiger partial charge in [-0.05, 0) is 43.2 Å². The first kappa shape index (κ1) is 16.4. The van der Waals surface area contributed by atoms with Crippen LogP contribution in [0.1, 0.15) is 11.1 Å². The molecule has 0 unspecified atom stereocenters. The summed E-state index contributed by atoms with van der Waals surface area (Å²) in [5, 5.41) is 0. The van der Waals surface area contributed by atoms with E-state index in [9.17, 15) is 8.42 Å². The quantitative estimate of drug-likeness (QED) is 0.846. The van der Waals surface area contributed by atoms with Gasteiger partial charge in [-0.15, -0.1) is 0 Å². The highest BCUT2D eigenvalue weighted by Gasteiger charge is 2.31. The normalized spacial score (nSPS) is 17.6. The highest BCUT2D eigenvalue weighted by Crippen LogP contribution is 2.36. The third kappa shape index (κ3) is 3.00. The fourth-order valence-electron chi connectivity index (χ4n) is 3.44. The summed E-state index contributed by atoms with van der Waals surface area (Å²) in [7, 11) is -3.53. The average Bonchev–Trinajstić information content (AvgIpc) is 3.07. The van der Waals surface area contributed by atoms with Crippen LogP contribution in [-0.4, -0.2) is 41.3 Å². The topological polar surface area (TPSA) is 49.9 Å². The van der Waals surface area contributed by atoms with Crippen LogP contribution in [0.5, 0.6) is 0 Å². The van der Waals surface area contributed by atoms with Crippen LogP contribution in [-0.2, 0) is 21.2 Å². The molecule has 0 amide bonds. The van der Waals surface area contributed by atoms with E-state index >= 15 is 0 Å². The monoisotopic (exact) mass is 358 g/mol. The predicted molar refractivity (Wildman–Crippen MR) is 98.9 cm³/mol. The van der Waals surface area contributed by atoms with E-state index in [1.54, 1.807) is 16.4 Å². The molecule has 6 heteroatoms. The number of ether oxygens (including phenoxy) is 1. The SMILES string of the molecule is Cc1ccc(S(=O)(=O)N2CCc3ccc(N4CCOCC4)cc32)cc1. The maximum Gasteiger partial charge on any atom is 0.264 e. The van der Waals surface area contributed by atoms with Crippen LogP contribution in [0.25, 0.3) is 0 Å². The van der Waals surface area contributed by atoms with Gasteiger partial charge in [0, 0.05) is 25.3 Å². The zero-order valence-corrected chi connectivity index (χ0v) is 15.1. The zero-order chi connectivity index (χ0) is 17.4. The third-order valence-corrected chi connectivity index (χ3v) is 6.73. The number of sulfonamides is 1. The first-order valence-electron chi connectivity index (χ1n) is 8.61. The number of fused-ring (bicyclic) bond motifs is 1. The van der Waals surface area contributed by atoms with Crippen LogP contribution in [0.3, 0.4) is 0 Å². The molecular formula is C19H22N2O3S. The second kappa shape index (κ2) is 6.35. The summed E-state index contributed by atoms with van der Waals surface area (Å²) < 4.78 is 33.1. The Bertz CT molecular complexity index is 872. The molecule has 2 aliphatic heterocycles. The smallest absolute Gasteiger partial charge is 0.264 e. The van der Waals surface area contributed by atoms with Crippen LogP contribution in [0.2, 0.25) is 0 Å². The second-order valence-electron chi connectivity index (χ2n) is 6.55. The maximum absolute atomic E-state index is 13.1. The standard InChI is InChI=1S/C19H22N2O3S/c1-15-2-6-18(7-3-15)25(22,23)21-9-8-16-4-5-17(14-19(16)21)20-10-12-24-13-11-20/h2-7,14H,8-13H2,1H3. The van der Waals surface area contributed by atoms with Crippen molar-refractivity contribution in [3.63, 3.8) is 0 Å². The van der Waals surface area contributed by atoms with Crippen molar-refractivity contribution >= 4 is 21.4 Å². The first-order chi connectivity index (χ1) is 12.1. The number of anilines is 2. The van der Waals surface area contributed by atoms with E-state index in [4.69, 9.17) is 4.74 Å². The van der Waals surface area contributed by atoms with Crippen molar-refractivity contribution in [3.8, 4) is 0 Å². The van der Waals surface area contributed by atoms with Gasteiger partial charge in [-0.1, -0.05) is 23.8 Å². The second-order valence-corrected chi connectivity index (χ2v) is 8.41. The van der Waals surface area contributed by atoms with Crippen LogP contribution in [0.4, 0.5) is 11.4 Å². The minimum Gasteiger partial charge on any atom is -0.378 e. The Kier molecular flexibility index (Phi) is 4.17. The number of morpholine rings is 1. The molecule has 1 saturated heterocycles. The van der Waals surface area contributed by atoms with Gasteiger partial charge in [-0.25, -0.2) is 8.42 Å². The number of rotatable bonds is 3. The number of hydrogen-bond donors (Lipinski definition) is 0. The van der Waals surface area contributed by atoms with E-state index in [1.165, 1.54) is 0 Å². The number of aryl methyl sites for hydroxylation is 1. The highest BCUT2D eigenvalue weighted by molar-refractivity contribution is 7.92. The lowest BCUT2D eigenvalue weighted by molar-refractivity contribution is 0.122. The maximum atomic E-state index is 13.1. The van der Waals surface area contributed by atoms with Crippen LogP contribution < -0.4 is 9.21 Å². The Hall–Kier alpha value is -2.05. The highest BCUT2D eigenvalue weighted by atomic mass is 32.2. The van der Waals surface area contributed by atoms with E-state index in [0.717, 1.165) is 42.0 Å². The molecule has 0 N–H and O–H groups in total. The van der Waals surface area contributed by atoms with Crippen molar-refractivity contribution in [3.05, 3.63) is 53.6 Å². The van der Waals surface area contributed by atoms with Crippen LogP contribution in [0, 0.1) is 6.92 Å². The molecule has 1 fully saturated rings. The van der Waals surface area contributed by atoms with Crippen molar-refractivity contribution in [2.24, 2.45) is 0 Å². The van der Waals surface area contributed by atoms with E-state index < -0.39 is 10.0 Å². The molecule has 0 atom stereocenters. The van der Waals surface area contributed by atoms with E-state index in [2.05, 4.69) is 17.0 Å². The summed E-state index contributed by atoms with van der Waals surface area (Å²) in [5.41, 5.74) is 4.01. The molecule has 0 aromatic heterocycles. The molecular weight excluding hydrogens is 336 g/mol. The van der Waals surface area contributed by atoms with E-state index in [0.29, 0.717) is 24.7 Å². The Morgan fingerprint density at radius 2 is 1.68 bits per heavy atom. The molecule has 0 aliphatic carbocycles. The molecule has 0 saturated carbocycles. The van der Waals surface area contributed by atoms with Gasteiger partial charge in [0.2, 0.25) is 0 Å². The van der Waals surface area contributed by atoms with Gasteiger partial charge in [0.15, 0.2) is 0 Å². The van der Waals surface area contributed by atoms with Crippen molar-refractivity contribution < 1.29 is 13.2 Å². The lowest BCUT2D eigenvalue weighted by Gasteiger charge is -2.30. The molecule has 4 rings (SSSR count). The van der Waals surface area contributed by atoms with Gasteiger partial charge in [-0.2, -0.15) is 0 Å². The van der Waals surface area contributed by atoms with Crippen LogP contribution in [0.15, 0.2) is 47.4 Å². The Morgan fingerprint density at radius 3 is 2.40 bits per heavy atom. The Morgan fingerprint density at radius 1 is 0.960 bits per heavy atom. The predicted octanol–water partition coefficient (Wildman–Crippen LogP) is 2.58. The number of hydrogen-bond acceptors (Lipinski definition) is 4. The fraction of sp³-hybridized carbons (Fsp3) is 0.368. The Labute approximate surface area is 148 Å². The van der Waals surface area contributed by atoms with Crippen molar-refractivity contribution in [1.29, 1.82) is 0 Å². The summed E-state index contributed by atoms with van der Waals surface area (Å²) in [6, 6.07) is 13.2. The molecule has 0 bridgehead atoms. The minimum atomic E-state index is -3.53. The fourth-order valence-corrected chi connectivity index (χ4v) is 4.94. The Balaban J connectivity index is 1.69. The summed E-state index contributed by atoms with van der Waals surface area (Å²) in [6.07, 6.45) is 0.754. The van der Waals surface area contributed by atoms with Crippen molar-refractivity contribution in [2.75, 3.05) is 42.1 Å². The van der Waals surface area contributed by atoms with Crippen LogP contribution >= 0.6 is 0 Å². The summed E-state index contributed by atoms with van der Waals surface area (Å²) >= 11 is 0. The van der Waals surface area contributed by atoms with Gasteiger partial charge >= 0.3 is 0 Å². The van der Waals surface area contributed by atoms with Gasteiger partial charge in [0.05, 0.1) is 23.8 Å².